The molecule has 2 bridgehead atoms. The highest BCUT2D eigenvalue weighted by molar-refractivity contribution is 4.96. The molecule has 0 radical (unpaired) electrons. The lowest BCUT2D eigenvalue weighted by atomic mass is 9.75. The normalized spacial score (nSPS) is 40.2. The Kier molecular flexibility index (Phi) is 2.61. The molecule has 2 aliphatic heterocycles. The van der Waals surface area contributed by atoms with E-state index in [-0.39, 0.29) is 0 Å². The molecule has 2 heterocycles. The van der Waals surface area contributed by atoms with Crippen molar-refractivity contribution in [1.29, 1.82) is 0 Å². The van der Waals surface area contributed by atoms with E-state index in [9.17, 15) is 0 Å². The molecule has 0 amide bonds. The lowest BCUT2D eigenvalue weighted by Crippen LogP contribution is -2.59. The Bertz CT molecular complexity index is 179. The van der Waals surface area contributed by atoms with Gasteiger partial charge in [0, 0.05) is 24.7 Å². The fourth-order valence-corrected chi connectivity index (χ4v) is 3.14. The molecule has 0 spiro atoms. The van der Waals surface area contributed by atoms with Crippen LogP contribution in [0.2, 0.25) is 0 Å². The second kappa shape index (κ2) is 3.58. The van der Waals surface area contributed by atoms with Crippen LogP contribution in [0.4, 0.5) is 0 Å². The van der Waals surface area contributed by atoms with Gasteiger partial charge >= 0.3 is 0 Å². The smallest absolute Gasteiger partial charge is 0.0119 e. The molecule has 1 N–H and O–H groups in total. The summed E-state index contributed by atoms with van der Waals surface area (Å²) in [7, 11) is 2.12. The van der Waals surface area contributed by atoms with Gasteiger partial charge in [0.05, 0.1) is 0 Å². The van der Waals surface area contributed by atoms with E-state index in [2.05, 4.69) is 31.1 Å². The van der Waals surface area contributed by atoms with Gasteiger partial charge in [0.25, 0.3) is 0 Å². The first kappa shape index (κ1) is 9.47. The van der Waals surface area contributed by atoms with Gasteiger partial charge < -0.3 is 5.32 Å². The third kappa shape index (κ3) is 1.62. The third-order valence-electron chi connectivity index (χ3n) is 3.91. The van der Waals surface area contributed by atoms with Crippen LogP contribution in [0.5, 0.6) is 0 Å². The number of piperidine rings is 2. The van der Waals surface area contributed by atoms with E-state index in [0.29, 0.717) is 0 Å². The number of hydrogen-bond donors (Lipinski definition) is 1. The van der Waals surface area contributed by atoms with Crippen LogP contribution in [0.25, 0.3) is 0 Å². The third-order valence-corrected chi connectivity index (χ3v) is 3.91. The van der Waals surface area contributed by atoms with Crippen LogP contribution in [0.3, 0.4) is 0 Å². The van der Waals surface area contributed by atoms with Crippen molar-refractivity contribution < 1.29 is 0 Å². The number of hydrogen-bond acceptors (Lipinski definition) is 2. The van der Waals surface area contributed by atoms with Crippen LogP contribution in [-0.4, -0.2) is 36.6 Å². The minimum Gasteiger partial charge on any atom is -0.317 e. The van der Waals surface area contributed by atoms with Crippen molar-refractivity contribution in [1.82, 2.24) is 10.2 Å². The molecule has 2 saturated heterocycles. The molecule has 76 valence electrons. The monoisotopic (exact) mass is 182 g/mol. The largest absolute Gasteiger partial charge is 0.317 e. The summed E-state index contributed by atoms with van der Waals surface area (Å²) in [5, 5.41) is 3.47. The van der Waals surface area contributed by atoms with Crippen molar-refractivity contribution in [3.63, 3.8) is 0 Å². The zero-order valence-corrected chi connectivity index (χ0v) is 9.09. The standard InChI is InChI=1S/C11H22N2/c1-8(2)13-7-9-4-5-10(13)6-11(9)12-3/h8-12H,4-7H2,1-3H3/t9-,10-,11?/m0/s1. The SMILES string of the molecule is CNC1C[C@@H]2CC[C@H]1CN2C(C)C. The fraction of sp³-hybridized carbons (Fsp3) is 1.00. The summed E-state index contributed by atoms with van der Waals surface area (Å²) in [5.74, 6) is 0.914. The predicted molar refractivity (Wildman–Crippen MR) is 55.8 cm³/mol. The molecule has 2 heteroatoms. The molecule has 3 fully saturated rings. The van der Waals surface area contributed by atoms with Crippen LogP contribution >= 0.6 is 0 Å². The summed E-state index contributed by atoms with van der Waals surface area (Å²) >= 11 is 0. The summed E-state index contributed by atoms with van der Waals surface area (Å²) in [6, 6.07) is 2.40. The van der Waals surface area contributed by atoms with Gasteiger partial charge in [-0.15, -0.1) is 0 Å². The lowest BCUT2D eigenvalue weighted by Gasteiger charge is -2.51. The van der Waals surface area contributed by atoms with Gasteiger partial charge in [-0.1, -0.05) is 0 Å². The molecule has 3 rings (SSSR count). The van der Waals surface area contributed by atoms with E-state index in [1.165, 1.54) is 25.8 Å². The summed E-state index contributed by atoms with van der Waals surface area (Å²) in [6.07, 6.45) is 4.25. The fourth-order valence-electron chi connectivity index (χ4n) is 3.14. The topological polar surface area (TPSA) is 15.3 Å². The highest BCUT2D eigenvalue weighted by atomic mass is 15.2. The van der Waals surface area contributed by atoms with Gasteiger partial charge in [-0.3, -0.25) is 4.90 Å². The van der Waals surface area contributed by atoms with Crippen LogP contribution in [0.1, 0.15) is 33.1 Å². The van der Waals surface area contributed by atoms with Crippen LogP contribution < -0.4 is 5.32 Å². The number of nitrogens with zero attached hydrogens (tertiary/aromatic N) is 1. The predicted octanol–water partition coefficient (Wildman–Crippen LogP) is 1.47. The second-order valence-corrected chi connectivity index (χ2v) is 4.91. The molecule has 0 aromatic rings. The maximum atomic E-state index is 3.47. The number of rotatable bonds is 2. The molecular formula is C11H22N2. The second-order valence-electron chi connectivity index (χ2n) is 4.91. The van der Waals surface area contributed by atoms with E-state index in [0.717, 1.165) is 24.0 Å². The Hall–Kier alpha value is -0.0800. The Balaban J connectivity index is 2.03. The van der Waals surface area contributed by atoms with Crippen molar-refractivity contribution >= 4 is 0 Å². The molecule has 3 atom stereocenters. The molecule has 13 heavy (non-hydrogen) atoms. The van der Waals surface area contributed by atoms with E-state index >= 15 is 0 Å². The van der Waals surface area contributed by atoms with Gasteiger partial charge in [0.1, 0.15) is 0 Å². The Morgan fingerprint density at radius 2 is 2.08 bits per heavy atom. The average molecular weight is 182 g/mol. The van der Waals surface area contributed by atoms with Gasteiger partial charge in [-0.25, -0.2) is 0 Å². The maximum Gasteiger partial charge on any atom is 0.0119 e. The average Bonchev–Trinajstić information content (AvgIpc) is 2.18. The first-order chi connectivity index (χ1) is 6.22. The minimum absolute atomic E-state index is 0.741. The Morgan fingerprint density at radius 1 is 1.31 bits per heavy atom. The summed E-state index contributed by atoms with van der Waals surface area (Å²) in [4.78, 5) is 2.70. The van der Waals surface area contributed by atoms with Crippen LogP contribution in [-0.2, 0) is 0 Å². The van der Waals surface area contributed by atoms with Crippen molar-refractivity contribution in [2.24, 2.45) is 5.92 Å². The van der Waals surface area contributed by atoms with Crippen LogP contribution in [0, 0.1) is 5.92 Å². The van der Waals surface area contributed by atoms with E-state index in [4.69, 9.17) is 0 Å². The van der Waals surface area contributed by atoms with Crippen molar-refractivity contribution in [2.75, 3.05) is 13.6 Å². The minimum atomic E-state index is 0.741. The van der Waals surface area contributed by atoms with E-state index < -0.39 is 0 Å². The lowest BCUT2D eigenvalue weighted by molar-refractivity contribution is 0.00407. The molecule has 0 aromatic carbocycles. The first-order valence-electron chi connectivity index (χ1n) is 5.65. The van der Waals surface area contributed by atoms with Crippen molar-refractivity contribution in [2.45, 2.75) is 51.2 Å². The molecule has 1 aliphatic carbocycles. The highest BCUT2D eigenvalue weighted by Crippen LogP contribution is 2.35. The van der Waals surface area contributed by atoms with Crippen molar-refractivity contribution in [3.05, 3.63) is 0 Å². The number of fused-ring (bicyclic) bond motifs is 3. The molecular weight excluding hydrogens is 160 g/mol. The van der Waals surface area contributed by atoms with Crippen molar-refractivity contribution in [3.8, 4) is 0 Å². The Labute approximate surface area is 81.7 Å². The Morgan fingerprint density at radius 3 is 2.54 bits per heavy atom. The quantitative estimate of drug-likeness (QED) is 0.695. The highest BCUT2D eigenvalue weighted by Gasteiger charge is 2.40. The van der Waals surface area contributed by atoms with Gasteiger partial charge in [-0.05, 0) is 46.1 Å². The molecule has 0 aromatic heterocycles. The maximum absolute atomic E-state index is 3.47. The van der Waals surface area contributed by atoms with Gasteiger partial charge in [0.2, 0.25) is 0 Å². The summed E-state index contributed by atoms with van der Waals surface area (Å²) in [5.41, 5.74) is 0. The zero-order chi connectivity index (χ0) is 9.42. The molecule has 1 unspecified atom stereocenters. The number of nitrogens with one attached hydrogen (secondary N) is 1. The first-order valence-corrected chi connectivity index (χ1v) is 5.65. The van der Waals surface area contributed by atoms with Gasteiger partial charge in [0.15, 0.2) is 0 Å². The summed E-state index contributed by atoms with van der Waals surface area (Å²) < 4.78 is 0. The van der Waals surface area contributed by atoms with Crippen LogP contribution in [0.15, 0.2) is 0 Å². The molecule has 1 saturated carbocycles. The van der Waals surface area contributed by atoms with Gasteiger partial charge in [-0.2, -0.15) is 0 Å². The van der Waals surface area contributed by atoms with E-state index in [1.807, 2.05) is 0 Å². The zero-order valence-electron chi connectivity index (χ0n) is 9.09. The molecule has 2 nitrogen and oxygen atoms in total. The van der Waals surface area contributed by atoms with E-state index in [1.54, 1.807) is 0 Å². The summed E-state index contributed by atoms with van der Waals surface area (Å²) in [6.45, 7) is 5.98. The molecule has 3 aliphatic rings.